The SMILES string of the molecule is CN(C)CCOc1cccc(C(O)(C(N)=O)c2ccccc2)c1. The molecule has 0 fully saturated rings. The molecule has 3 N–H and O–H groups in total. The van der Waals surface area contributed by atoms with Crippen LogP contribution in [0, 0.1) is 0 Å². The minimum absolute atomic E-state index is 0.388. The Morgan fingerprint density at radius 3 is 2.39 bits per heavy atom. The van der Waals surface area contributed by atoms with Gasteiger partial charge in [0.15, 0.2) is 5.60 Å². The maximum absolute atomic E-state index is 12.0. The van der Waals surface area contributed by atoms with Crippen LogP contribution in [0.4, 0.5) is 0 Å². The summed E-state index contributed by atoms with van der Waals surface area (Å²) in [5.74, 6) is -0.242. The highest BCUT2D eigenvalue weighted by Crippen LogP contribution is 2.31. The lowest BCUT2D eigenvalue weighted by molar-refractivity contribution is -0.133. The van der Waals surface area contributed by atoms with E-state index in [1.165, 1.54) is 0 Å². The lowest BCUT2D eigenvalue weighted by Crippen LogP contribution is -2.42. The fourth-order valence-electron chi connectivity index (χ4n) is 2.29. The van der Waals surface area contributed by atoms with Crippen molar-refractivity contribution in [1.82, 2.24) is 4.90 Å². The van der Waals surface area contributed by atoms with Crippen LogP contribution in [0.15, 0.2) is 54.6 Å². The minimum atomic E-state index is -1.89. The van der Waals surface area contributed by atoms with Crippen LogP contribution >= 0.6 is 0 Å². The average Bonchev–Trinajstić information content (AvgIpc) is 2.54. The van der Waals surface area contributed by atoms with Crippen LogP contribution in [0.1, 0.15) is 11.1 Å². The van der Waals surface area contributed by atoms with E-state index in [-0.39, 0.29) is 0 Å². The summed E-state index contributed by atoms with van der Waals surface area (Å²) in [4.78, 5) is 14.0. The topological polar surface area (TPSA) is 75.8 Å². The summed E-state index contributed by atoms with van der Waals surface area (Å²) in [6.45, 7) is 1.28. The van der Waals surface area contributed by atoms with E-state index in [2.05, 4.69) is 0 Å². The number of rotatable bonds is 7. The summed E-state index contributed by atoms with van der Waals surface area (Å²) in [5, 5.41) is 10.9. The number of nitrogens with zero attached hydrogens (tertiary/aromatic N) is 1. The molecule has 5 nitrogen and oxygen atoms in total. The van der Waals surface area contributed by atoms with Gasteiger partial charge in [0.05, 0.1) is 0 Å². The number of nitrogens with two attached hydrogens (primary N) is 1. The molecule has 0 heterocycles. The number of amides is 1. The Kier molecular flexibility index (Phi) is 5.36. The number of hydrogen-bond acceptors (Lipinski definition) is 4. The number of aliphatic hydroxyl groups is 1. The molecule has 2 aromatic rings. The third-order valence-electron chi connectivity index (χ3n) is 3.61. The van der Waals surface area contributed by atoms with E-state index in [1.54, 1.807) is 48.5 Å². The third-order valence-corrected chi connectivity index (χ3v) is 3.61. The zero-order chi connectivity index (χ0) is 16.9. The highest BCUT2D eigenvalue weighted by Gasteiger charge is 2.38. The van der Waals surface area contributed by atoms with Crippen LogP contribution in [-0.2, 0) is 10.4 Å². The van der Waals surface area contributed by atoms with Crippen LogP contribution in [0.2, 0.25) is 0 Å². The van der Waals surface area contributed by atoms with E-state index < -0.39 is 11.5 Å². The van der Waals surface area contributed by atoms with Crippen molar-refractivity contribution in [1.29, 1.82) is 0 Å². The summed E-state index contributed by atoms with van der Waals surface area (Å²) in [5.41, 5.74) is 4.42. The second-order valence-electron chi connectivity index (χ2n) is 5.62. The maximum Gasteiger partial charge on any atom is 0.258 e. The molecule has 0 aromatic heterocycles. The number of ether oxygens (including phenoxy) is 1. The first-order valence-corrected chi connectivity index (χ1v) is 7.40. The molecule has 1 unspecified atom stereocenters. The van der Waals surface area contributed by atoms with Crippen molar-refractivity contribution in [3.05, 3.63) is 65.7 Å². The average molecular weight is 314 g/mol. The fourth-order valence-corrected chi connectivity index (χ4v) is 2.29. The molecule has 1 amide bonds. The van der Waals surface area contributed by atoms with Gasteiger partial charge in [-0.2, -0.15) is 0 Å². The van der Waals surface area contributed by atoms with Gasteiger partial charge in [0.2, 0.25) is 0 Å². The molecular weight excluding hydrogens is 292 g/mol. The second kappa shape index (κ2) is 7.26. The molecule has 122 valence electrons. The van der Waals surface area contributed by atoms with Crippen molar-refractivity contribution in [2.75, 3.05) is 27.2 Å². The van der Waals surface area contributed by atoms with Crippen LogP contribution in [0.5, 0.6) is 5.75 Å². The first-order chi connectivity index (χ1) is 10.9. The molecule has 0 saturated heterocycles. The van der Waals surface area contributed by atoms with Gasteiger partial charge in [-0.25, -0.2) is 0 Å². The predicted octanol–water partition coefficient (Wildman–Crippen LogP) is 1.35. The molecule has 0 saturated carbocycles. The first-order valence-electron chi connectivity index (χ1n) is 7.40. The predicted molar refractivity (Wildman–Crippen MR) is 89.1 cm³/mol. The van der Waals surface area contributed by atoms with Gasteiger partial charge in [-0.3, -0.25) is 4.79 Å². The van der Waals surface area contributed by atoms with Crippen molar-refractivity contribution in [3.63, 3.8) is 0 Å². The number of likely N-dealkylation sites (N-methyl/N-ethyl adjacent to an activating group) is 1. The summed E-state index contributed by atoms with van der Waals surface area (Å²) in [7, 11) is 3.92. The molecule has 0 aliphatic rings. The van der Waals surface area contributed by atoms with Crippen molar-refractivity contribution >= 4 is 5.91 Å². The molecule has 5 heteroatoms. The Hall–Kier alpha value is -2.37. The van der Waals surface area contributed by atoms with Gasteiger partial charge in [0.1, 0.15) is 12.4 Å². The molecule has 1 atom stereocenters. The zero-order valence-corrected chi connectivity index (χ0v) is 13.4. The maximum atomic E-state index is 12.0. The largest absolute Gasteiger partial charge is 0.492 e. The molecule has 0 aliphatic carbocycles. The summed E-state index contributed by atoms with van der Waals surface area (Å²) >= 11 is 0. The monoisotopic (exact) mass is 314 g/mol. The number of carbonyl (C=O) groups is 1. The lowest BCUT2D eigenvalue weighted by atomic mass is 9.85. The van der Waals surface area contributed by atoms with Crippen molar-refractivity contribution < 1.29 is 14.6 Å². The van der Waals surface area contributed by atoms with Crippen LogP contribution in [0.25, 0.3) is 0 Å². The van der Waals surface area contributed by atoms with Gasteiger partial charge in [-0.15, -0.1) is 0 Å². The van der Waals surface area contributed by atoms with E-state index in [0.717, 1.165) is 6.54 Å². The highest BCUT2D eigenvalue weighted by atomic mass is 16.5. The minimum Gasteiger partial charge on any atom is -0.492 e. The van der Waals surface area contributed by atoms with Gasteiger partial charge >= 0.3 is 0 Å². The van der Waals surface area contributed by atoms with Crippen molar-refractivity contribution in [3.8, 4) is 5.75 Å². The molecule has 0 aliphatic heterocycles. The molecule has 0 spiro atoms. The van der Waals surface area contributed by atoms with Gasteiger partial charge in [0, 0.05) is 12.1 Å². The molecule has 0 radical (unpaired) electrons. The number of benzene rings is 2. The van der Waals surface area contributed by atoms with Gasteiger partial charge in [-0.05, 0) is 31.8 Å². The van der Waals surface area contributed by atoms with Gasteiger partial charge < -0.3 is 20.5 Å². The van der Waals surface area contributed by atoms with Crippen LogP contribution < -0.4 is 10.5 Å². The Morgan fingerprint density at radius 1 is 1.13 bits per heavy atom. The molecule has 2 rings (SSSR count). The molecule has 23 heavy (non-hydrogen) atoms. The normalized spacial score (nSPS) is 13.6. The summed E-state index contributed by atoms with van der Waals surface area (Å²) < 4.78 is 5.66. The zero-order valence-electron chi connectivity index (χ0n) is 13.4. The Bertz CT molecular complexity index is 658. The first kappa shape index (κ1) is 17.0. The Labute approximate surface area is 136 Å². The fraction of sp³-hybridized carbons (Fsp3) is 0.278. The number of hydrogen-bond donors (Lipinski definition) is 2. The van der Waals surface area contributed by atoms with E-state index in [9.17, 15) is 9.90 Å². The summed E-state index contributed by atoms with van der Waals surface area (Å²) in [6.07, 6.45) is 0. The highest BCUT2D eigenvalue weighted by molar-refractivity contribution is 5.88. The quantitative estimate of drug-likeness (QED) is 0.809. The van der Waals surface area contributed by atoms with Crippen LogP contribution in [0.3, 0.4) is 0 Å². The number of carbonyl (C=O) groups excluding carboxylic acids is 1. The molecule has 0 bridgehead atoms. The Balaban J connectivity index is 2.32. The third kappa shape index (κ3) is 3.88. The van der Waals surface area contributed by atoms with E-state index in [1.807, 2.05) is 25.1 Å². The molecular formula is C18H22N2O3. The lowest BCUT2D eigenvalue weighted by Gasteiger charge is -2.26. The Morgan fingerprint density at radius 2 is 1.78 bits per heavy atom. The van der Waals surface area contributed by atoms with E-state index in [0.29, 0.717) is 23.5 Å². The number of primary amides is 1. The van der Waals surface area contributed by atoms with Crippen molar-refractivity contribution in [2.24, 2.45) is 5.73 Å². The van der Waals surface area contributed by atoms with Crippen molar-refractivity contribution in [2.45, 2.75) is 5.60 Å². The standard InChI is InChI=1S/C18H22N2O3/c1-20(2)11-12-23-16-10-6-9-15(13-16)18(22,17(19)21)14-7-4-3-5-8-14/h3-10,13,22H,11-12H2,1-2H3,(H2,19,21). The van der Waals surface area contributed by atoms with E-state index in [4.69, 9.17) is 10.5 Å². The smallest absolute Gasteiger partial charge is 0.258 e. The van der Waals surface area contributed by atoms with Crippen LogP contribution in [-0.4, -0.2) is 43.2 Å². The van der Waals surface area contributed by atoms with Gasteiger partial charge in [0.25, 0.3) is 5.91 Å². The van der Waals surface area contributed by atoms with Gasteiger partial charge in [-0.1, -0.05) is 42.5 Å². The second-order valence-corrected chi connectivity index (χ2v) is 5.62. The molecule has 2 aromatic carbocycles. The summed E-state index contributed by atoms with van der Waals surface area (Å²) in [6, 6.07) is 15.5. The van der Waals surface area contributed by atoms with E-state index >= 15 is 0 Å².